The number of fused-ring (bicyclic) bond motifs is 1. The summed E-state index contributed by atoms with van der Waals surface area (Å²) in [4.78, 5) is 18.5. The number of halogens is 2. The predicted octanol–water partition coefficient (Wildman–Crippen LogP) is 1.82. The molecule has 0 radical (unpaired) electrons. The van der Waals surface area contributed by atoms with Gasteiger partial charge in [-0.05, 0) is 18.6 Å². The quantitative estimate of drug-likeness (QED) is 0.719. The van der Waals surface area contributed by atoms with Crippen molar-refractivity contribution in [2.24, 2.45) is 5.73 Å². The maximum absolute atomic E-state index is 5.75. The summed E-state index contributed by atoms with van der Waals surface area (Å²) >= 11 is 0. The summed E-state index contributed by atoms with van der Waals surface area (Å²) in [6.07, 6.45) is 5.42. The molecule has 3 heterocycles. The molecule has 2 N–H and O–H groups in total. The van der Waals surface area contributed by atoms with E-state index >= 15 is 0 Å². The van der Waals surface area contributed by atoms with Crippen LogP contribution in [0.4, 0.5) is 5.82 Å². The van der Waals surface area contributed by atoms with Crippen molar-refractivity contribution in [3.63, 3.8) is 0 Å². The van der Waals surface area contributed by atoms with Crippen molar-refractivity contribution in [3.05, 3.63) is 35.8 Å². The Bertz CT molecular complexity index is 719. The van der Waals surface area contributed by atoms with Crippen LogP contribution in [-0.4, -0.2) is 73.3 Å². The van der Waals surface area contributed by atoms with Gasteiger partial charge in [-0.15, -0.1) is 24.8 Å². The summed E-state index contributed by atoms with van der Waals surface area (Å²) in [6, 6.07) is 3.91. The molecule has 7 nitrogen and oxygen atoms in total. The summed E-state index contributed by atoms with van der Waals surface area (Å²) in [5.74, 6) is 1.77. The molecule has 0 atom stereocenters. The Morgan fingerprint density at radius 1 is 1.14 bits per heavy atom. The van der Waals surface area contributed by atoms with Gasteiger partial charge in [-0.2, -0.15) is 0 Å². The highest BCUT2D eigenvalue weighted by Crippen LogP contribution is 2.27. The molecule has 0 spiro atoms. The summed E-state index contributed by atoms with van der Waals surface area (Å²) in [5, 5.41) is 0. The Morgan fingerprint density at radius 3 is 2.54 bits per heavy atom. The maximum Gasteiger partial charge on any atom is 0.161 e. The summed E-state index contributed by atoms with van der Waals surface area (Å²) in [5.41, 5.74) is 9.14. The number of nitrogens with two attached hydrogens (primary N) is 1. The minimum atomic E-state index is 0. The number of hydrogen-bond donors (Lipinski definition) is 1. The number of rotatable bonds is 7. The van der Waals surface area contributed by atoms with Gasteiger partial charge < -0.3 is 20.3 Å². The molecule has 2 aromatic rings. The van der Waals surface area contributed by atoms with Crippen LogP contribution in [0.25, 0.3) is 11.4 Å². The molecule has 0 fully saturated rings. The summed E-state index contributed by atoms with van der Waals surface area (Å²) in [6.45, 7) is 5.05. The third-order valence-electron chi connectivity index (χ3n) is 4.79. The normalized spacial score (nSPS) is 13.7. The Morgan fingerprint density at radius 2 is 1.86 bits per heavy atom. The highest BCUT2D eigenvalue weighted by molar-refractivity contribution is 5.85. The average Bonchev–Trinajstić information content (AvgIpc) is 2.89. The van der Waals surface area contributed by atoms with Crippen molar-refractivity contribution in [2.45, 2.75) is 12.8 Å². The minimum Gasteiger partial charge on any atom is -0.383 e. The third kappa shape index (κ3) is 5.99. The molecular weight excluding hydrogens is 399 g/mol. The molecule has 1 aliphatic rings. The molecule has 0 saturated heterocycles. The van der Waals surface area contributed by atoms with Crippen LogP contribution >= 0.6 is 24.8 Å². The number of anilines is 1. The van der Waals surface area contributed by atoms with Gasteiger partial charge in [0, 0.05) is 76.8 Å². The molecule has 0 amide bonds. The van der Waals surface area contributed by atoms with Crippen LogP contribution in [0.3, 0.4) is 0 Å². The van der Waals surface area contributed by atoms with Crippen LogP contribution in [0.15, 0.2) is 24.5 Å². The number of pyridine rings is 1. The number of ether oxygens (including phenoxy) is 1. The fourth-order valence-corrected chi connectivity index (χ4v) is 3.31. The second-order valence-electron chi connectivity index (χ2n) is 6.58. The third-order valence-corrected chi connectivity index (χ3v) is 4.79. The first kappa shape index (κ1) is 24.5. The summed E-state index contributed by atoms with van der Waals surface area (Å²) in [7, 11) is 3.79. The number of methoxy groups -OCH3 is 1. The van der Waals surface area contributed by atoms with Crippen molar-refractivity contribution in [1.82, 2.24) is 19.9 Å². The Hall–Kier alpha value is -1.51. The lowest BCUT2D eigenvalue weighted by molar-refractivity contribution is 0.206. The average molecular weight is 429 g/mol. The second-order valence-corrected chi connectivity index (χ2v) is 6.58. The highest BCUT2D eigenvalue weighted by Gasteiger charge is 2.22. The van der Waals surface area contributed by atoms with Gasteiger partial charge in [-0.25, -0.2) is 9.97 Å². The largest absolute Gasteiger partial charge is 0.383 e. The first-order chi connectivity index (χ1) is 12.7. The smallest absolute Gasteiger partial charge is 0.161 e. The molecule has 0 saturated carbocycles. The zero-order valence-corrected chi connectivity index (χ0v) is 18.1. The number of aromatic nitrogens is 3. The lowest BCUT2D eigenvalue weighted by Crippen LogP contribution is -2.31. The monoisotopic (exact) mass is 428 g/mol. The van der Waals surface area contributed by atoms with Crippen molar-refractivity contribution < 1.29 is 4.74 Å². The van der Waals surface area contributed by atoms with Crippen molar-refractivity contribution >= 4 is 30.6 Å². The number of likely N-dealkylation sites (N-methyl/N-ethyl adjacent to an activating group) is 1. The van der Waals surface area contributed by atoms with E-state index in [0.29, 0.717) is 13.2 Å². The SMILES string of the molecule is COCCN(C)c1nc(-c2ccncc2)nc2c1CCN(CCN)CC2.Cl.Cl. The van der Waals surface area contributed by atoms with Gasteiger partial charge in [0.15, 0.2) is 5.82 Å². The van der Waals surface area contributed by atoms with Gasteiger partial charge in [-0.1, -0.05) is 0 Å². The fourth-order valence-electron chi connectivity index (χ4n) is 3.31. The molecule has 3 rings (SSSR count). The van der Waals surface area contributed by atoms with Crippen LogP contribution in [0.5, 0.6) is 0 Å². The van der Waals surface area contributed by atoms with E-state index in [1.165, 1.54) is 5.56 Å². The van der Waals surface area contributed by atoms with E-state index in [0.717, 1.165) is 61.9 Å². The van der Waals surface area contributed by atoms with Gasteiger partial charge in [-0.3, -0.25) is 4.98 Å². The molecule has 1 aliphatic heterocycles. The standard InChI is InChI=1S/C19H28N6O.2ClH/c1-24(13-14-26-2)19-16-5-10-25(12-7-20)11-6-17(16)22-18(23-19)15-3-8-21-9-4-15;;/h3-4,8-9H,5-7,10-14,20H2,1-2H3;2*1H. The fraction of sp³-hybridized carbons (Fsp3) is 0.526. The zero-order chi connectivity index (χ0) is 18.4. The van der Waals surface area contributed by atoms with Crippen molar-refractivity contribution in [2.75, 3.05) is 58.4 Å². The molecule has 0 aliphatic carbocycles. The van der Waals surface area contributed by atoms with Crippen molar-refractivity contribution in [3.8, 4) is 11.4 Å². The van der Waals surface area contributed by atoms with Crippen LogP contribution < -0.4 is 10.6 Å². The van der Waals surface area contributed by atoms with Gasteiger partial charge in [0.1, 0.15) is 5.82 Å². The maximum atomic E-state index is 5.75. The predicted molar refractivity (Wildman–Crippen MR) is 118 cm³/mol. The van der Waals surface area contributed by atoms with Gasteiger partial charge >= 0.3 is 0 Å². The first-order valence-electron chi connectivity index (χ1n) is 9.15. The Labute approximate surface area is 179 Å². The van der Waals surface area contributed by atoms with Gasteiger partial charge in [0.05, 0.1) is 12.3 Å². The molecule has 0 aromatic carbocycles. The zero-order valence-electron chi connectivity index (χ0n) is 16.5. The first-order valence-corrected chi connectivity index (χ1v) is 9.15. The van der Waals surface area contributed by atoms with Crippen molar-refractivity contribution in [1.29, 1.82) is 0 Å². The molecule has 156 valence electrons. The molecule has 9 heteroatoms. The molecule has 28 heavy (non-hydrogen) atoms. The lowest BCUT2D eigenvalue weighted by Gasteiger charge is -2.23. The van der Waals surface area contributed by atoms with Crippen LogP contribution in [-0.2, 0) is 17.6 Å². The molecule has 2 aromatic heterocycles. The topological polar surface area (TPSA) is 80.4 Å². The van der Waals surface area contributed by atoms with E-state index in [1.807, 2.05) is 12.1 Å². The minimum absolute atomic E-state index is 0. The molecule has 0 bridgehead atoms. The second kappa shape index (κ2) is 12.1. The van der Waals surface area contributed by atoms with Gasteiger partial charge in [0.2, 0.25) is 0 Å². The Balaban J connectivity index is 0.00000196. The molecular formula is C19H30Cl2N6O. The van der Waals surface area contributed by atoms with E-state index in [-0.39, 0.29) is 24.8 Å². The van der Waals surface area contributed by atoms with Gasteiger partial charge in [0.25, 0.3) is 0 Å². The Kier molecular flexibility index (Phi) is 10.6. The van der Waals surface area contributed by atoms with E-state index < -0.39 is 0 Å². The highest BCUT2D eigenvalue weighted by atomic mass is 35.5. The van der Waals surface area contributed by atoms with Crippen LogP contribution in [0, 0.1) is 0 Å². The molecule has 0 unspecified atom stereocenters. The van der Waals surface area contributed by atoms with Crippen LogP contribution in [0.1, 0.15) is 11.3 Å². The van der Waals surface area contributed by atoms with E-state index in [2.05, 4.69) is 21.8 Å². The number of nitrogens with zero attached hydrogens (tertiary/aromatic N) is 5. The van der Waals surface area contributed by atoms with E-state index in [4.69, 9.17) is 20.4 Å². The number of hydrogen-bond acceptors (Lipinski definition) is 7. The summed E-state index contributed by atoms with van der Waals surface area (Å²) < 4.78 is 5.25. The lowest BCUT2D eigenvalue weighted by atomic mass is 10.1. The van der Waals surface area contributed by atoms with E-state index in [9.17, 15) is 0 Å². The van der Waals surface area contributed by atoms with E-state index in [1.54, 1.807) is 19.5 Å². The van der Waals surface area contributed by atoms with Crippen LogP contribution in [0.2, 0.25) is 0 Å².